The Bertz CT molecular complexity index is 4530. The Kier molecular flexibility index (Phi) is 27.2. The Morgan fingerprint density at radius 2 is 1.16 bits per heavy atom. The van der Waals surface area contributed by atoms with Crippen molar-refractivity contribution in [3.63, 3.8) is 0 Å². The molecule has 0 spiro atoms. The fraction of sp³-hybridized carbons (Fsp3) is 0.588. The number of imide groups is 3. The van der Waals surface area contributed by atoms with Crippen molar-refractivity contribution in [1.82, 2.24) is 81.2 Å². The molecule has 1 aromatic carbocycles. The smallest absolute Gasteiger partial charge is 0.323 e. The molecule has 10 amide bonds. The van der Waals surface area contributed by atoms with E-state index in [0.717, 1.165) is 105 Å². The molecule has 14 rings (SSSR count). The van der Waals surface area contributed by atoms with E-state index in [-0.39, 0.29) is 123 Å². The summed E-state index contributed by atoms with van der Waals surface area (Å²) in [5, 5.41) is 36.8. The van der Waals surface area contributed by atoms with Gasteiger partial charge in [-0.15, -0.1) is 11.3 Å². The second-order valence-electron chi connectivity index (χ2n) is 31.4. The van der Waals surface area contributed by atoms with Gasteiger partial charge in [-0.2, -0.15) is 15.2 Å². The number of halogens is 2. The number of aryl methyl sites for hydroxylation is 2. The van der Waals surface area contributed by atoms with Crippen LogP contribution >= 0.6 is 11.3 Å². The highest BCUT2D eigenvalue weighted by Gasteiger charge is 2.47. The summed E-state index contributed by atoms with van der Waals surface area (Å²) in [5.74, 6) is -3.59. The maximum absolute atomic E-state index is 17.9. The van der Waals surface area contributed by atoms with E-state index in [2.05, 4.69) is 68.0 Å². The molecular formula is C80H104F2N20O12S. The molecule has 616 valence electrons. The van der Waals surface area contributed by atoms with Gasteiger partial charge in [-0.3, -0.25) is 68.2 Å². The molecule has 4 aliphatic heterocycles. The number of nitrogens with one attached hydrogen (secondary N) is 9. The molecule has 4 saturated carbocycles. The first-order valence-electron chi connectivity index (χ1n) is 40.9. The molecule has 32 nitrogen and oxygen atoms in total. The minimum atomic E-state index is -1.06. The van der Waals surface area contributed by atoms with Gasteiger partial charge in [0.05, 0.1) is 87.3 Å². The second kappa shape index (κ2) is 38.3. The first-order chi connectivity index (χ1) is 55.9. The summed E-state index contributed by atoms with van der Waals surface area (Å²) < 4.78 is 53.7. The van der Waals surface area contributed by atoms with Gasteiger partial charge in [0.15, 0.2) is 17.5 Å². The lowest BCUT2D eigenvalue weighted by molar-refractivity contribution is -0.138. The highest BCUT2D eigenvalue weighted by Crippen LogP contribution is 2.41. The van der Waals surface area contributed by atoms with E-state index in [9.17, 15) is 43.2 Å². The Hall–Kier alpha value is -9.81. The van der Waals surface area contributed by atoms with E-state index in [1.165, 1.54) is 46.2 Å². The number of thiophene rings is 1. The average Bonchev–Trinajstić information content (AvgIpc) is 1.62. The summed E-state index contributed by atoms with van der Waals surface area (Å²) in [6, 6.07) is 4.76. The van der Waals surface area contributed by atoms with E-state index in [1.807, 2.05) is 24.8 Å². The molecule has 6 fully saturated rings. The van der Waals surface area contributed by atoms with Crippen molar-refractivity contribution in [2.24, 2.45) is 25.9 Å². The molecule has 4 aliphatic carbocycles. The van der Waals surface area contributed by atoms with Crippen LogP contribution in [-0.2, 0) is 78.2 Å². The van der Waals surface area contributed by atoms with E-state index < -0.39 is 59.3 Å². The lowest BCUT2D eigenvalue weighted by Gasteiger charge is -2.30. The number of amides is 10. The summed E-state index contributed by atoms with van der Waals surface area (Å²) in [6.45, 7) is 3.73. The molecule has 9 heterocycles. The van der Waals surface area contributed by atoms with Crippen LogP contribution in [0.4, 0.5) is 37.0 Å². The number of rotatable bonds is 41. The number of urea groups is 1. The monoisotopic (exact) mass is 1610 g/mol. The van der Waals surface area contributed by atoms with E-state index in [4.69, 9.17) is 24.2 Å². The molecule has 35 heteroatoms. The average molecular weight is 1610 g/mol. The number of hydrogen-bond acceptors (Lipinski definition) is 24. The van der Waals surface area contributed by atoms with E-state index >= 15 is 8.78 Å². The molecule has 0 radical (unpaired) electrons. The summed E-state index contributed by atoms with van der Waals surface area (Å²) >= 11 is 1.18. The lowest BCUT2D eigenvalue weighted by atomic mass is 9.91. The van der Waals surface area contributed by atoms with Gasteiger partial charge in [-0.05, 0) is 158 Å². The SMILES string of the molecule is Cn1ncc(-c2nc(NC3CCC(NCCCCCCCCNC(=O)N(Cc4cc5c(s4)C(=O)N(C4CCC(=O)NC4=O)C5)c4nc(NC5CCC(NCC(=O)NCCOCCOCCOCCNc6cccc7c6C(=O)N(C6CCC(=O)NC6=O)C7=O)CC5)nc(-c5cnn(C)c5CC5CC5)c4F)CC3)ncc2F)c1CC1CC1. The summed E-state index contributed by atoms with van der Waals surface area (Å²) in [4.78, 5) is 141. The maximum Gasteiger partial charge on any atom is 0.323 e. The van der Waals surface area contributed by atoms with Crippen molar-refractivity contribution in [2.75, 3.05) is 93.2 Å². The molecular weight excluding hydrogens is 1500 g/mol. The van der Waals surface area contributed by atoms with Crippen LogP contribution in [0.1, 0.15) is 193 Å². The van der Waals surface area contributed by atoms with Crippen LogP contribution in [0, 0.1) is 23.5 Å². The minimum Gasteiger partial charge on any atom is -0.382 e. The third-order valence-corrected chi connectivity index (χ3v) is 24.1. The first-order valence-corrected chi connectivity index (χ1v) is 41.7. The van der Waals surface area contributed by atoms with Gasteiger partial charge in [-0.25, -0.2) is 28.5 Å². The molecule has 2 atom stereocenters. The molecule has 115 heavy (non-hydrogen) atoms. The van der Waals surface area contributed by atoms with Crippen LogP contribution in [0.25, 0.3) is 22.5 Å². The zero-order valence-electron chi connectivity index (χ0n) is 65.3. The number of piperidine rings is 2. The number of fused-ring (bicyclic) bond motifs is 2. The van der Waals surface area contributed by atoms with E-state index in [1.54, 1.807) is 29.2 Å². The van der Waals surface area contributed by atoms with Crippen molar-refractivity contribution < 1.29 is 66.1 Å². The van der Waals surface area contributed by atoms with Gasteiger partial charge in [0.2, 0.25) is 41.4 Å². The third-order valence-electron chi connectivity index (χ3n) is 23.0. The fourth-order valence-electron chi connectivity index (χ4n) is 16.2. The number of hydrogen-bond donors (Lipinski definition) is 9. The zero-order valence-corrected chi connectivity index (χ0v) is 66.1. The van der Waals surface area contributed by atoms with Crippen LogP contribution in [0.3, 0.4) is 0 Å². The number of aromatic nitrogens is 8. The molecule has 9 N–H and O–H groups in total. The maximum atomic E-state index is 17.9. The zero-order chi connectivity index (χ0) is 80.1. The molecule has 2 saturated heterocycles. The Morgan fingerprint density at radius 3 is 1.79 bits per heavy atom. The summed E-state index contributed by atoms with van der Waals surface area (Å²) in [6.07, 6.45) is 23.3. The van der Waals surface area contributed by atoms with Crippen LogP contribution in [-0.4, -0.2) is 211 Å². The van der Waals surface area contributed by atoms with Gasteiger partial charge in [0, 0.05) is 110 Å². The van der Waals surface area contributed by atoms with Crippen molar-refractivity contribution in [3.05, 3.63) is 92.3 Å². The number of carbonyl (C=O) groups excluding carboxylic acids is 9. The van der Waals surface area contributed by atoms with Crippen molar-refractivity contribution >= 4 is 88.0 Å². The quantitative estimate of drug-likeness (QED) is 0.0136. The van der Waals surface area contributed by atoms with E-state index in [0.29, 0.717) is 141 Å². The Labute approximate surface area is 669 Å². The largest absolute Gasteiger partial charge is 0.382 e. The van der Waals surface area contributed by atoms with Crippen LogP contribution in [0.5, 0.6) is 0 Å². The molecule has 0 bridgehead atoms. The Morgan fingerprint density at radius 1 is 0.583 bits per heavy atom. The molecule has 8 aliphatic rings. The standard InChI is InChI=1S/C80H104F2N20O12S/c1-98-62(38-47-12-13-47)56(41-89-98)69-58(81)43-88-78(95-69)91-52-20-16-50(17-21-52)83-28-7-5-3-4-6-8-29-86-80(111)101(46-54-40-49-45-100(77(110)71(49)115-54)60-24-26-64(103)93-73(60)106)72-68(82)70(57-42-90-99(2)63(57)39-48-14-15-48)96-79(97-72)92-53-22-18-51(19-23-53)87-44-66(105)85-31-33-113-35-37-114-36-34-112-32-30-84-59-11-9-10-55-67(59)76(109)102(75(55)108)61-25-27-65(104)94-74(61)107/h9-11,40-43,47-48,50-53,60-61,83-84,87H,3-8,12-39,44-46H2,1-2H3,(H,85,105)(H,86,111)(H,88,91,95)(H,92,96,97)(H,93,103,106)(H,94,104,107). The van der Waals surface area contributed by atoms with Gasteiger partial charge in [0.1, 0.15) is 23.5 Å². The second-order valence-corrected chi connectivity index (χ2v) is 32.5. The predicted molar refractivity (Wildman–Crippen MR) is 421 cm³/mol. The summed E-state index contributed by atoms with van der Waals surface area (Å²) in [7, 11) is 3.73. The Balaban J connectivity index is 0.521. The van der Waals surface area contributed by atoms with Crippen molar-refractivity contribution in [3.8, 4) is 22.5 Å². The van der Waals surface area contributed by atoms with Gasteiger partial charge in [0.25, 0.3) is 17.7 Å². The molecule has 6 aromatic rings. The number of benzene rings is 1. The normalized spacial score (nSPS) is 20.9. The van der Waals surface area contributed by atoms with Crippen LogP contribution in [0.15, 0.2) is 42.9 Å². The van der Waals surface area contributed by atoms with Crippen LogP contribution < -0.4 is 52.8 Å². The third kappa shape index (κ3) is 20.7. The summed E-state index contributed by atoms with van der Waals surface area (Å²) in [5.41, 5.74) is 4.81. The number of unbranched alkanes of at least 4 members (excludes halogenated alkanes) is 5. The van der Waals surface area contributed by atoms with Crippen molar-refractivity contribution in [1.29, 1.82) is 0 Å². The number of anilines is 4. The van der Waals surface area contributed by atoms with Crippen LogP contribution in [0.2, 0.25) is 0 Å². The lowest BCUT2D eigenvalue weighted by Crippen LogP contribution is -2.54. The number of carbonyl (C=O) groups is 9. The molecule has 5 aromatic heterocycles. The van der Waals surface area contributed by atoms with Crippen molar-refractivity contribution in [2.45, 2.75) is 203 Å². The number of ether oxygens (including phenoxy) is 3. The number of nitrogens with zero attached hydrogens (tertiary/aromatic N) is 11. The first kappa shape index (κ1) is 81.7. The fourth-order valence-corrected chi connectivity index (χ4v) is 17.3. The van der Waals surface area contributed by atoms with Gasteiger partial charge in [-0.1, -0.05) is 31.7 Å². The highest BCUT2D eigenvalue weighted by molar-refractivity contribution is 7.14. The minimum absolute atomic E-state index is 0.00408. The van der Waals surface area contributed by atoms with Gasteiger partial charge >= 0.3 is 6.03 Å². The molecule has 2 unspecified atom stereocenters. The van der Waals surface area contributed by atoms with Gasteiger partial charge < -0.3 is 56.3 Å². The topological polar surface area (TPSA) is 387 Å². The predicted octanol–water partition coefficient (Wildman–Crippen LogP) is 7.14. The highest BCUT2D eigenvalue weighted by atomic mass is 32.1.